The summed E-state index contributed by atoms with van der Waals surface area (Å²) in [7, 11) is -2.59. The highest BCUT2D eigenvalue weighted by Gasteiger charge is 2.49. The van der Waals surface area contributed by atoms with Crippen LogP contribution in [-0.4, -0.2) is 14.8 Å². The van der Waals surface area contributed by atoms with Gasteiger partial charge in [0.15, 0.2) is 8.07 Å². The summed E-state index contributed by atoms with van der Waals surface area (Å²) in [5.74, 6) is 0. The maximum atomic E-state index is 2.45. The molecule has 7 aromatic rings. The Balaban J connectivity index is 1.23. The maximum Gasteiger partial charge on any atom is 0.240 e. The fraction of sp³-hybridized carbons (Fsp3) is 0.0667. The first-order valence-corrected chi connectivity index (χ1v) is 19.0. The van der Waals surface area contributed by atoms with E-state index in [0.717, 1.165) is 0 Å². The van der Waals surface area contributed by atoms with E-state index < -0.39 is 8.07 Å². The first-order valence-electron chi connectivity index (χ1n) is 17.0. The number of hydrogen-bond acceptors (Lipinski definition) is 1. The predicted molar refractivity (Wildman–Crippen MR) is 208 cm³/mol. The van der Waals surface area contributed by atoms with Crippen LogP contribution in [0.4, 0.5) is 17.1 Å². The quantitative estimate of drug-likeness (QED) is 0.216. The lowest BCUT2D eigenvalue weighted by atomic mass is 9.36. The number of nitrogens with zero attached hydrogens (tertiary/aromatic N) is 1. The van der Waals surface area contributed by atoms with Crippen molar-refractivity contribution >= 4 is 69.0 Å². The van der Waals surface area contributed by atoms with Crippen molar-refractivity contribution in [2.75, 3.05) is 4.90 Å². The van der Waals surface area contributed by atoms with Gasteiger partial charge >= 0.3 is 0 Å². The molecule has 1 nitrogen and oxygen atoms in total. The molecule has 0 bridgehead atoms. The molecule has 0 saturated heterocycles. The summed E-state index contributed by atoms with van der Waals surface area (Å²) in [4.78, 5) is 2.45. The lowest BCUT2D eigenvalue weighted by Crippen LogP contribution is -2.86. The number of hydrogen-bond donors (Lipinski definition) is 0. The third-order valence-electron chi connectivity index (χ3n) is 10.9. The van der Waals surface area contributed by atoms with Crippen LogP contribution in [0.5, 0.6) is 0 Å². The van der Waals surface area contributed by atoms with Crippen molar-refractivity contribution in [2.24, 2.45) is 0 Å². The molecule has 7 aromatic carbocycles. The minimum Gasteiger partial charge on any atom is -0.310 e. The number of rotatable bonds is 4. The molecule has 0 fully saturated rings. The van der Waals surface area contributed by atoms with E-state index in [9.17, 15) is 0 Å². The van der Waals surface area contributed by atoms with Gasteiger partial charge in [-0.25, -0.2) is 0 Å². The van der Waals surface area contributed by atoms with Gasteiger partial charge in [0.1, 0.15) is 0 Å². The van der Waals surface area contributed by atoms with Gasteiger partial charge in [0.2, 0.25) is 6.71 Å². The van der Waals surface area contributed by atoms with Crippen molar-refractivity contribution in [1.82, 2.24) is 0 Å². The molecular weight excluding hydrogens is 593 g/mol. The summed E-state index contributed by atoms with van der Waals surface area (Å²) in [6.07, 6.45) is 0. The molecule has 2 heterocycles. The second kappa shape index (κ2) is 11.1. The van der Waals surface area contributed by atoms with E-state index in [4.69, 9.17) is 0 Å². The summed E-state index contributed by atoms with van der Waals surface area (Å²) in [6, 6.07) is 68.3. The van der Waals surface area contributed by atoms with E-state index in [-0.39, 0.29) is 12.1 Å². The Labute approximate surface area is 285 Å². The number of anilines is 3. The molecule has 0 amide bonds. The van der Waals surface area contributed by atoms with Crippen molar-refractivity contribution in [2.45, 2.75) is 19.3 Å². The highest BCUT2D eigenvalue weighted by Crippen LogP contribution is 2.51. The zero-order valence-corrected chi connectivity index (χ0v) is 28.3. The standard InChI is InChI=1S/C45H36BNSi/c1-45(2)37-21-9-13-25-41(37)47(42-26-14-10-22-38(42)45)34-31-29-33(30-32-34)46-39-23-11-15-27-43(39)48(35-17-5-3-6-18-35,36-19-7-4-8-20-36)44-28-16-12-24-40(44)46/h3-32H,1-2H3. The molecule has 3 heteroatoms. The molecule has 0 spiro atoms. The topological polar surface area (TPSA) is 3.24 Å². The van der Waals surface area contributed by atoms with Crippen LogP contribution >= 0.6 is 0 Å². The molecule has 2 aliphatic heterocycles. The van der Waals surface area contributed by atoms with Crippen LogP contribution in [-0.2, 0) is 5.41 Å². The van der Waals surface area contributed by atoms with Gasteiger partial charge < -0.3 is 4.90 Å². The third kappa shape index (κ3) is 4.11. The van der Waals surface area contributed by atoms with E-state index in [1.165, 1.54) is 65.3 Å². The van der Waals surface area contributed by atoms with Crippen molar-refractivity contribution in [3.05, 3.63) is 193 Å². The summed E-state index contributed by atoms with van der Waals surface area (Å²) in [6.45, 7) is 4.83. The average Bonchev–Trinajstić information content (AvgIpc) is 3.15. The highest BCUT2D eigenvalue weighted by atomic mass is 28.3. The molecule has 0 atom stereocenters. The van der Waals surface area contributed by atoms with Gasteiger partial charge in [0.05, 0.1) is 11.4 Å². The lowest BCUT2D eigenvalue weighted by Gasteiger charge is -2.43. The monoisotopic (exact) mass is 629 g/mol. The molecule has 9 rings (SSSR count). The van der Waals surface area contributed by atoms with Crippen LogP contribution in [0.1, 0.15) is 25.0 Å². The Kier molecular flexibility index (Phi) is 6.67. The van der Waals surface area contributed by atoms with Gasteiger partial charge in [-0.3, -0.25) is 0 Å². The van der Waals surface area contributed by atoms with Crippen molar-refractivity contribution in [1.29, 1.82) is 0 Å². The Morgan fingerprint density at radius 1 is 0.438 bits per heavy atom. The summed E-state index contributed by atoms with van der Waals surface area (Å²) >= 11 is 0. The Bertz CT molecular complexity index is 2140. The van der Waals surface area contributed by atoms with Crippen LogP contribution in [0.25, 0.3) is 0 Å². The van der Waals surface area contributed by atoms with Gasteiger partial charge in [0.25, 0.3) is 0 Å². The van der Waals surface area contributed by atoms with Gasteiger partial charge in [-0.15, -0.1) is 0 Å². The minimum atomic E-state index is -2.59. The first kappa shape index (κ1) is 28.8. The van der Waals surface area contributed by atoms with Gasteiger partial charge in [-0.05, 0) is 56.1 Å². The Hall–Kier alpha value is -5.38. The summed E-state index contributed by atoms with van der Waals surface area (Å²) in [5, 5.41) is 5.82. The Morgan fingerprint density at radius 3 is 1.35 bits per heavy atom. The van der Waals surface area contributed by atoms with Crippen molar-refractivity contribution < 1.29 is 0 Å². The largest absolute Gasteiger partial charge is 0.310 e. The lowest BCUT2D eigenvalue weighted by molar-refractivity contribution is 0.632. The summed E-state index contributed by atoms with van der Waals surface area (Å²) in [5.41, 5.74) is 10.5. The second-order valence-corrected chi connectivity index (χ2v) is 17.4. The van der Waals surface area contributed by atoms with Crippen molar-refractivity contribution in [3.8, 4) is 0 Å². The fourth-order valence-corrected chi connectivity index (χ4v) is 14.0. The molecule has 0 aliphatic carbocycles. The van der Waals surface area contributed by atoms with Crippen LogP contribution in [0.15, 0.2) is 182 Å². The number of para-hydroxylation sites is 2. The molecular formula is C45H36BNSi. The normalized spacial score (nSPS) is 15.1. The number of fused-ring (bicyclic) bond motifs is 4. The van der Waals surface area contributed by atoms with Gasteiger partial charge in [0, 0.05) is 11.1 Å². The van der Waals surface area contributed by atoms with Crippen molar-refractivity contribution in [3.63, 3.8) is 0 Å². The van der Waals surface area contributed by atoms with E-state index >= 15 is 0 Å². The zero-order chi connectivity index (χ0) is 32.3. The molecule has 2 aliphatic rings. The molecule has 0 saturated carbocycles. The maximum absolute atomic E-state index is 2.59. The first-order chi connectivity index (χ1) is 23.6. The molecule has 48 heavy (non-hydrogen) atoms. The second-order valence-electron chi connectivity index (χ2n) is 13.7. The van der Waals surface area contributed by atoms with Gasteiger partial charge in [-0.2, -0.15) is 0 Å². The smallest absolute Gasteiger partial charge is 0.240 e. The van der Waals surface area contributed by atoms with Crippen LogP contribution in [0, 0.1) is 0 Å². The molecule has 0 N–H and O–H groups in total. The third-order valence-corrected chi connectivity index (χ3v) is 15.8. The fourth-order valence-electron chi connectivity index (χ4n) is 8.78. The molecule has 0 unspecified atom stereocenters. The minimum absolute atomic E-state index is 0.0764. The molecule has 0 aromatic heterocycles. The number of benzene rings is 7. The molecule has 0 radical (unpaired) electrons. The molecule has 228 valence electrons. The Morgan fingerprint density at radius 2 is 0.854 bits per heavy atom. The van der Waals surface area contributed by atoms with Crippen LogP contribution in [0.2, 0.25) is 0 Å². The predicted octanol–water partition coefficient (Wildman–Crippen LogP) is 6.00. The van der Waals surface area contributed by atoms with E-state index in [2.05, 4.69) is 201 Å². The van der Waals surface area contributed by atoms with E-state index in [1.807, 2.05) is 0 Å². The SMILES string of the molecule is CC1(C)c2ccccc2N(c2ccc(B3c4ccccc4[Si](c4ccccc4)(c4ccccc4)c4ccccc43)cc2)c2ccccc21. The van der Waals surface area contributed by atoms with Crippen LogP contribution in [0.3, 0.4) is 0 Å². The zero-order valence-electron chi connectivity index (χ0n) is 27.3. The van der Waals surface area contributed by atoms with E-state index in [1.54, 1.807) is 0 Å². The van der Waals surface area contributed by atoms with Crippen LogP contribution < -0.4 is 42.0 Å². The highest BCUT2D eigenvalue weighted by molar-refractivity contribution is 7.26. The van der Waals surface area contributed by atoms with E-state index in [0.29, 0.717) is 0 Å². The summed E-state index contributed by atoms with van der Waals surface area (Å²) < 4.78 is 0. The van der Waals surface area contributed by atoms with Gasteiger partial charge in [-0.1, -0.05) is 188 Å². The average molecular weight is 630 g/mol.